The monoisotopic (exact) mass is 632 g/mol. The number of fused-ring (bicyclic) bond motifs is 3. The minimum atomic E-state index is -0.982. The molecule has 4 rings (SSSR count). The fourth-order valence-corrected chi connectivity index (χ4v) is 6.36. The maximum Gasteiger partial charge on any atom is 0.330 e. The van der Waals surface area contributed by atoms with E-state index in [2.05, 4.69) is 26.0 Å². The van der Waals surface area contributed by atoms with Crippen molar-refractivity contribution in [3.8, 4) is 17.2 Å². The SMILES string of the molecule is CC(C)=CCC[C@@]1(C)C=Cc2c(O)c3c(c(CC=C(C)C)c2O1)OC1C(=CC(C=O)C[C@@H]1C(C)(C)OCC/C=C(/C)C(=O)O)C3=O. The third kappa shape index (κ3) is 7.38. The van der Waals surface area contributed by atoms with Crippen molar-refractivity contribution < 1.29 is 38.8 Å². The Balaban J connectivity index is 1.79. The Morgan fingerprint density at radius 3 is 2.41 bits per heavy atom. The number of carboxylic acids is 1. The number of aldehydes is 1. The van der Waals surface area contributed by atoms with Crippen LogP contribution in [-0.2, 0) is 20.7 Å². The number of aliphatic carboxylic acids is 1. The van der Waals surface area contributed by atoms with Gasteiger partial charge in [-0.1, -0.05) is 35.5 Å². The minimum absolute atomic E-state index is 0.0816. The molecule has 1 aromatic rings. The highest BCUT2D eigenvalue weighted by Gasteiger charge is 2.50. The maximum absolute atomic E-state index is 14.3. The van der Waals surface area contributed by atoms with E-state index in [1.165, 1.54) is 12.5 Å². The lowest BCUT2D eigenvalue weighted by atomic mass is 9.70. The quantitative estimate of drug-likeness (QED) is 0.104. The fraction of sp³-hybridized carbons (Fsp3) is 0.500. The number of hydrogen-bond acceptors (Lipinski definition) is 7. The number of carbonyl (C=O) groups is 3. The predicted molar refractivity (Wildman–Crippen MR) is 179 cm³/mol. The van der Waals surface area contributed by atoms with Crippen molar-refractivity contribution >= 4 is 24.1 Å². The number of phenolic OH excluding ortho intramolecular Hbond substituents is 1. The van der Waals surface area contributed by atoms with Gasteiger partial charge in [-0.25, -0.2) is 4.79 Å². The van der Waals surface area contributed by atoms with Gasteiger partial charge in [0.25, 0.3) is 0 Å². The summed E-state index contributed by atoms with van der Waals surface area (Å²) in [6, 6.07) is 0. The molecule has 2 aliphatic heterocycles. The first-order valence-corrected chi connectivity index (χ1v) is 16.1. The van der Waals surface area contributed by atoms with E-state index in [1.807, 2.05) is 46.8 Å². The van der Waals surface area contributed by atoms with Crippen LogP contribution in [0.15, 0.2) is 52.7 Å². The lowest BCUT2D eigenvalue weighted by Crippen LogP contribution is -2.51. The van der Waals surface area contributed by atoms with E-state index in [4.69, 9.17) is 14.2 Å². The van der Waals surface area contributed by atoms with Crippen LogP contribution in [0.3, 0.4) is 0 Å². The van der Waals surface area contributed by atoms with Gasteiger partial charge in [-0.05, 0) is 99.6 Å². The Kier molecular flexibility index (Phi) is 10.5. The molecule has 0 saturated heterocycles. The molecule has 0 fully saturated rings. The first-order valence-electron chi connectivity index (χ1n) is 16.1. The second-order valence-corrected chi connectivity index (χ2v) is 13.9. The third-order valence-electron chi connectivity index (χ3n) is 9.13. The molecule has 0 radical (unpaired) electrons. The van der Waals surface area contributed by atoms with Crippen molar-refractivity contribution in [1.29, 1.82) is 0 Å². The van der Waals surface area contributed by atoms with Gasteiger partial charge in [0.05, 0.1) is 17.8 Å². The summed E-state index contributed by atoms with van der Waals surface area (Å²) in [6.45, 7) is 15.7. The number of hydrogen-bond donors (Lipinski definition) is 2. The van der Waals surface area contributed by atoms with Crippen LogP contribution in [0.25, 0.3) is 6.08 Å². The van der Waals surface area contributed by atoms with Gasteiger partial charge < -0.3 is 29.2 Å². The second-order valence-electron chi connectivity index (χ2n) is 13.9. The Morgan fingerprint density at radius 1 is 1.09 bits per heavy atom. The Morgan fingerprint density at radius 2 is 1.78 bits per heavy atom. The van der Waals surface area contributed by atoms with Gasteiger partial charge in [0.1, 0.15) is 40.8 Å². The van der Waals surface area contributed by atoms with E-state index in [-0.39, 0.29) is 29.3 Å². The number of allylic oxidation sites excluding steroid dienone is 5. The highest BCUT2D eigenvalue weighted by molar-refractivity contribution is 6.15. The molecule has 2 N–H and O–H groups in total. The molecule has 2 unspecified atom stereocenters. The normalized spacial score (nSPS) is 23.6. The summed E-state index contributed by atoms with van der Waals surface area (Å²) in [4.78, 5) is 37.6. The molecule has 0 saturated carbocycles. The molecule has 0 spiro atoms. The smallest absolute Gasteiger partial charge is 0.330 e. The van der Waals surface area contributed by atoms with Crippen LogP contribution in [0, 0.1) is 11.8 Å². The van der Waals surface area contributed by atoms with Crippen molar-refractivity contribution in [2.75, 3.05) is 6.61 Å². The van der Waals surface area contributed by atoms with Gasteiger partial charge in [-0.15, -0.1) is 0 Å². The largest absolute Gasteiger partial charge is 0.506 e. The minimum Gasteiger partial charge on any atom is -0.506 e. The molecule has 3 aliphatic rings. The van der Waals surface area contributed by atoms with Gasteiger partial charge >= 0.3 is 5.97 Å². The van der Waals surface area contributed by atoms with Crippen molar-refractivity contribution in [2.45, 2.75) is 105 Å². The molecule has 248 valence electrons. The predicted octanol–water partition coefficient (Wildman–Crippen LogP) is 7.73. The summed E-state index contributed by atoms with van der Waals surface area (Å²) in [5.74, 6) is -1.67. The number of benzene rings is 1. The highest BCUT2D eigenvalue weighted by atomic mass is 16.5. The Labute approximate surface area is 272 Å². The highest BCUT2D eigenvalue weighted by Crippen LogP contribution is 2.53. The summed E-state index contributed by atoms with van der Waals surface area (Å²) in [5, 5.41) is 20.8. The van der Waals surface area contributed by atoms with E-state index in [0.29, 0.717) is 47.5 Å². The second kappa shape index (κ2) is 13.8. The van der Waals surface area contributed by atoms with Crippen LogP contribution < -0.4 is 9.47 Å². The van der Waals surface area contributed by atoms with E-state index in [1.54, 1.807) is 12.2 Å². The van der Waals surface area contributed by atoms with Crippen LogP contribution >= 0.6 is 0 Å². The topological polar surface area (TPSA) is 119 Å². The molecule has 0 bridgehead atoms. The Hall–Kier alpha value is -3.91. The molecule has 2 heterocycles. The number of phenols is 1. The Bertz CT molecular complexity index is 1540. The number of carboxylic acid groups (broad SMARTS) is 1. The average molecular weight is 633 g/mol. The zero-order chi connectivity index (χ0) is 34.0. The van der Waals surface area contributed by atoms with Crippen LogP contribution in [0.2, 0.25) is 0 Å². The number of Topliss-reactive ketones (excluding diaryl/α,β-unsaturated/α-hetero) is 1. The molecule has 1 aliphatic carbocycles. The zero-order valence-corrected chi connectivity index (χ0v) is 28.4. The molecule has 8 heteroatoms. The molecule has 0 aromatic heterocycles. The van der Waals surface area contributed by atoms with Crippen LogP contribution in [0.4, 0.5) is 0 Å². The molecule has 1 aromatic carbocycles. The average Bonchev–Trinajstić information content (AvgIpc) is 2.98. The molecular formula is C38H48O8. The van der Waals surface area contributed by atoms with Crippen LogP contribution in [0.1, 0.15) is 103 Å². The standard InChI is InChI=1S/C38H48O8/c1-22(2)11-9-16-38(8)17-15-26-31(40)30-32(41)28-19-25(21-39)20-29(37(6,7)44-18-10-12-24(5)36(42)43)34(28)45-35(30)27(33(26)46-38)14-13-23(3)4/h11-13,15,17,19,21,25,29,34,40H,9-10,14,16,18,20H2,1-8H3,(H,42,43)/b24-12-/t25?,29-,34?,38-/m0/s1. The van der Waals surface area contributed by atoms with E-state index in [9.17, 15) is 24.6 Å². The summed E-state index contributed by atoms with van der Waals surface area (Å²) in [5.41, 5.74) is 2.63. The lowest BCUT2D eigenvalue weighted by Gasteiger charge is -2.45. The summed E-state index contributed by atoms with van der Waals surface area (Å²) >= 11 is 0. The lowest BCUT2D eigenvalue weighted by molar-refractivity contribution is -0.132. The molecule has 4 atom stereocenters. The summed E-state index contributed by atoms with van der Waals surface area (Å²) in [7, 11) is 0. The number of ketones is 1. The van der Waals surface area contributed by atoms with Gasteiger partial charge in [-0.3, -0.25) is 4.79 Å². The summed E-state index contributed by atoms with van der Waals surface area (Å²) in [6.07, 6.45) is 14.1. The van der Waals surface area contributed by atoms with E-state index >= 15 is 0 Å². The molecule has 8 nitrogen and oxygen atoms in total. The van der Waals surface area contributed by atoms with Crippen molar-refractivity contribution in [1.82, 2.24) is 0 Å². The van der Waals surface area contributed by atoms with Gasteiger partial charge in [0.15, 0.2) is 5.78 Å². The van der Waals surface area contributed by atoms with E-state index in [0.717, 1.165) is 24.7 Å². The van der Waals surface area contributed by atoms with Gasteiger partial charge in [0.2, 0.25) is 0 Å². The van der Waals surface area contributed by atoms with Crippen molar-refractivity contribution in [2.24, 2.45) is 11.8 Å². The van der Waals surface area contributed by atoms with Crippen molar-refractivity contribution in [3.05, 3.63) is 69.4 Å². The third-order valence-corrected chi connectivity index (χ3v) is 9.13. The number of aromatic hydroxyl groups is 1. The van der Waals surface area contributed by atoms with Gasteiger partial charge in [-0.2, -0.15) is 0 Å². The zero-order valence-electron chi connectivity index (χ0n) is 28.4. The number of rotatable bonds is 12. The fourth-order valence-electron chi connectivity index (χ4n) is 6.36. The summed E-state index contributed by atoms with van der Waals surface area (Å²) < 4.78 is 19.8. The van der Waals surface area contributed by atoms with E-state index < -0.39 is 35.1 Å². The molecule has 46 heavy (non-hydrogen) atoms. The maximum atomic E-state index is 14.3. The van der Waals surface area contributed by atoms with Crippen LogP contribution in [0.5, 0.6) is 17.2 Å². The van der Waals surface area contributed by atoms with Gasteiger partial charge in [0, 0.05) is 28.5 Å². The first kappa shape index (κ1) is 35.0. The van der Waals surface area contributed by atoms with Crippen LogP contribution in [-0.4, -0.2) is 52.2 Å². The molecular weight excluding hydrogens is 584 g/mol. The number of carbonyl (C=O) groups excluding carboxylic acids is 2. The number of ether oxygens (including phenoxy) is 3. The first-order chi connectivity index (χ1) is 21.6. The molecule has 0 amide bonds. The van der Waals surface area contributed by atoms with Crippen molar-refractivity contribution in [3.63, 3.8) is 0 Å².